The van der Waals surface area contributed by atoms with E-state index in [1.54, 1.807) is 0 Å². The van der Waals surface area contributed by atoms with Crippen molar-refractivity contribution in [3.63, 3.8) is 0 Å². The second kappa shape index (κ2) is 4.80. The molecule has 1 aromatic heterocycles. The molecule has 0 spiro atoms. The normalized spacial score (nSPS) is 15.5. The average Bonchev–Trinajstić information content (AvgIpc) is 2.47. The van der Waals surface area contributed by atoms with E-state index in [-0.39, 0.29) is 0 Å². The van der Waals surface area contributed by atoms with Crippen LogP contribution in [0.15, 0.2) is 9.17 Å². The third kappa shape index (κ3) is 2.22. The average molecular weight is 275 g/mol. The highest BCUT2D eigenvalue weighted by molar-refractivity contribution is 9.11. The molecule has 0 fully saturated rings. The van der Waals surface area contributed by atoms with Gasteiger partial charge in [-0.2, -0.15) is 0 Å². The topological polar surface area (TPSA) is 0 Å². The Morgan fingerprint density at radius 1 is 1.43 bits per heavy atom. The molecule has 2 heteroatoms. The minimum Gasteiger partial charge on any atom is -0.136 e. The number of rotatable bonds is 4. The van der Waals surface area contributed by atoms with Crippen molar-refractivity contribution in [3.8, 4) is 0 Å². The zero-order valence-electron chi connectivity index (χ0n) is 9.48. The van der Waals surface area contributed by atoms with Gasteiger partial charge in [-0.1, -0.05) is 27.2 Å². The van der Waals surface area contributed by atoms with E-state index < -0.39 is 0 Å². The lowest BCUT2D eigenvalue weighted by Gasteiger charge is -2.29. The molecule has 0 amide bonds. The number of halogens is 1. The maximum Gasteiger partial charge on any atom is 0.0738 e. The second-order valence-electron chi connectivity index (χ2n) is 4.23. The van der Waals surface area contributed by atoms with Gasteiger partial charge in [-0.25, -0.2) is 0 Å². The molecule has 0 radical (unpaired) electrons. The SMILES string of the molecule is CCCC(C)(CC)c1c(C)csc1Br. The van der Waals surface area contributed by atoms with Crippen molar-refractivity contribution in [2.45, 2.75) is 52.4 Å². The van der Waals surface area contributed by atoms with Crippen LogP contribution in [0.25, 0.3) is 0 Å². The molecule has 1 atom stereocenters. The molecule has 0 N–H and O–H groups in total. The Morgan fingerprint density at radius 3 is 2.43 bits per heavy atom. The molecule has 0 aromatic carbocycles. The van der Waals surface area contributed by atoms with Crippen LogP contribution < -0.4 is 0 Å². The second-order valence-corrected chi connectivity index (χ2v) is 6.43. The molecule has 0 aliphatic rings. The van der Waals surface area contributed by atoms with E-state index in [2.05, 4.69) is 49.0 Å². The predicted molar refractivity (Wildman–Crippen MR) is 69.3 cm³/mol. The summed E-state index contributed by atoms with van der Waals surface area (Å²) in [6, 6.07) is 0. The molecular formula is C12H19BrS. The third-order valence-electron chi connectivity index (χ3n) is 3.12. The molecule has 1 heterocycles. The van der Waals surface area contributed by atoms with Crippen molar-refractivity contribution in [1.82, 2.24) is 0 Å². The van der Waals surface area contributed by atoms with E-state index in [1.807, 2.05) is 11.3 Å². The summed E-state index contributed by atoms with van der Waals surface area (Å²) >= 11 is 5.50. The predicted octanol–water partition coefficient (Wildman–Crippen LogP) is 5.29. The van der Waals surface area contributed by atoms with E-state index >= 15 is 0 Å². The quantitative estimate of drug-likeness (QED) is 0.700. The van der Waals surface area contributed by atoms with Crippen LogP contribution in [0.5, 0.6) is 0 Å². The van der Waals surface area contributed by atoms with Crippen LogP contribution >= 0.6 is 27.3 Å². The van der Waals surface area contributed by atoms with Crippen LogP contribution in [-0.4, -0.2) is 0 Å². The fourth-order valence-electron chi connectivity index (χ4n) is 2.16. The maximum absolute atomic E-state index is 3.68. The van der Waals surface area contributed by atoms with Crippen molar-refractivity contribution >= 4 is 27.3 Å². The van der Waals surface area contributed by atoms with Crippen LogP contribution in [-0.2, 0) is 5.41 Å². The minimum absolute atomic E-state index is 0.359. The molecule has 1 aromatic rings. The Hall–Kier alpha value is 0.180. The summed E-state index contributed by atoms with van der Waals surface area (Å²) in [6.07, 6.45) is 3.75. The smallest absolute Gasteiger partial charge is 0.0738 e. The summed E-state index contributed by atoms with van der Waals surface area (Å²) in [6.45, 7) is 9.17. The Kier molecular flexibility index (Phi) is 4.20. The molecule has 80 valence electrons. The fraction of sp³-hybridized carbons (Fsp3) is 0.667. The Morgan fingerprint density at radius 2 is 2.07 bits per heavy atom. The van der Waals surface area contributed by atoms with Crippen LogP contribution in [0, 0.1) is 6.92 Å². The summed E-state index contributed by atoms with van der Waals surface area (Å²) in [5.74, 6) is 0. The monoisotopic (exact) mass is 274 g/mol. The summed E-state index contributed by atoms with van der Waals surface area (Å²) in [7, 11) is 0. The van der Waals surface area contributed by atoms with Gasteiger partial charge < -0.3 is 0 Å². The number of hydrogen-bond donors (Lipinski definition) is 0. The molecule has 14 heavy (non-hydrogen) atoms. The van der Waals surface area contributed by atoms with Gasteiger partial charge >= 0.3 is 0 Å². The van der Waals surface area contributed by atoms with Gasteiger partial charge in [-0.05, 0) is 57.6 Å². The van der Waals surface area contributed by atoms with Crippen molar-refractivity contribution < 1.29 is 0 Å². The lowest BCUT2D eigenvalue weighted by Crippen LogP contribution is -2.21. The van der Waals surface area contributed by atoms with Gasteiger partial charge in [0.05, 0.1) is 3.79 Å². The molecule has 0 nitrogen and oxygen atoms in total. The standard InChI is InChI=1S/C12H19BrS/c1-5-7-12(4,6-2)10-9(3)8-14-11(10)13/h8H,5-7H2,1-4H3. The first kappa shape index (κ1) is 12.3. The van der Waals surface area contributed by atoms with Crippen LogP contribution in [0.3, 0.4) is 0 Å². The Labute approximate surface area is 99.9 Å². The zero-order chi connectivity index (χ0) is 10.8. The number of thiophene rings is 1. The van der Waals surface area contributed by atoms with Gasteiger partial charge in [0, 0.05) is 0 Å². The third-order valence-corrected chi connectivity index (χ3v) is 4.96. The van der Waals surface area contributed by atoms with Crippen LogP contribution in [0.4, 0.5) is 0 Å². The maximum atomic E-state index is 3.68. The minimum atomic E-state index is 0.359. The van der Waals surface area contributed by atoms with E-state index in [4.69, 9.17) is 0 Å². The molecule has 1 rings (SSSR count). The lowest BCUT2D eigenvalue weighted by molar-refractivity contribution is 0.411. The van der Waals surface area contributed by atoms with Gasteiger partial charge in [0.15, 0.2) is 0 Å². The number of hydrogen-bond acceptors (Lipinski definition) is 1. The first-order valence-electron chi connectivity index (χ1n) is 5.29. The highest BCUT2D eigenvalue weighted by atomic mass is 79.9. The molecule has 0 saturated carbocycles. The summed E-state index contributed by atoms with van der Waals surface area (Å²) in [5.41, 5.74) is 3.34. The van der Waals surface area contributed by atoms with Gasteiger partial charge in [0.25, 0.3) is 0 Å². The molecular weight excluding hydrogens is 256 g/mol. The first-order chi connectivity index (χ1) is 6.55. The molecule has 0 aliphatic heterocycles. The number of aryl methyl sites for hydroxylation is 1. The fourth-order valence-corrected chi connectivity index (χ4v) is 4.15. The van der Waals surface area contributed by atoms with E-state index in [1.165, 1.54) is 34.2 Å². The largest absolute Gasteiger partial charge is 0.136 e. The van der Waals surface area contributed by atoms with Gasteiger partial charge in [0.1, 0.15) is 0 Å². The molecule has 0 aliphatic carbocycles. The first-order valence-corrected chi connectivity index (χ1v) is 6.96. The van der Waals surface area contributed by atoms with E-state index in [0.717, 1.165) is 0 Å². The van der Waals surface area contributed by atoms with E-state index in [9.17, 15) is 0 Å². The zero-order valence-corrected chi connectivity index (χ0v) is 11.9. The lowest BCUT2D eigenvalue weighted by atomic mass is 9.76. The summed E-state index contributed by atoms with van der Waals surface area (Å²) in [5, 5.41) is 2.25. The molecule has 1 unspecified atom stereocenters. The van der Waals surface area contributed by atoms with Crippen molar-refractivity contribution in [2.75, 3.05) is 0 Å². The van der Waals surface area contributed by atoms with Crippen molar-refractivity contribution in [3.05, 3.63) is 20.3 Å². The van der Waals surface area contributed by atoms with Crippen LogP contribution in [0.1, 0.15) is 51.2 Å². The van der Waals surface area contributed by atoms with Crippen molar-refractivity contribution in [1.29, 1.82) is 0 Å². The molecule has 0 saturated heterocycles. The van der Waals surface area contributed by atoms with E-state index in [0.29, 0.717) is 5.41 Å². The van der Waals surface area contributed by atoms with Crippen molar-refractivity contribution in [2.24, 2.45) is 0 Å². The van der Waals surface area contributed by atoms with Gasteiger partial charge in [-0.3, -0.25) is 0 Å². The summed E-state index contributed by atoms with van der Waals surface area (Å²) in [4.78, 5) is 0. The van der Waals surface area contributed by atoms with Gasteiger partial charge in [-0.15, -0.1) is 11.3 Å². The summed E-state index contributed by atoms with van der Waals surface area (Å²) < 4.78 is 1.33. The molecule has 0 bridgehead atoms. The highest BCUT2D eigenvalue weighted by Crippen LogP contribution is 2.41. The van der Waals surface area contributed by atoms with Crippen LogP contribution in [0.2, 0.25) is 0 Å². The highest BCUT2D eigenvalue weighted by Gasteiger charge is 2.28. The van der Waals surface area contributed by atoms with Gasteiger partial charge in [0.2, 0.25) is 0 Å². The Balaban J connectivity index is 3.11. The Bertz CT molecular complexity index is 284.